The number of rotatable bonds is 6. The molecule has 1 aromatic carbocycles. The molecule has 0 fully saturated rings. The molecule has 0 saturated carbocycles. The smallest absolute Gasteiger partial charge is 0.287 e. The fourth-order valence-corrected chi connectivity index (χ4v) is 2.57. The first-order valence-electron chi connectivity index (χ1n) is 8.49. The van der Waals surface area contributed by atoms with Crippen molar-refractivity contribution >= 4 is 5.91 Å². The third kappa shape index (κ3) is 4.14. The first kappa shape index (κ1) is 17.8. The third-order valence-electron chi connectivity index (χ3n) is 4.19. The van der Waals surface area contributed by atoms with E-state index >= 15 is 0 Å². The Morgan fingerprint density at radius 3 is 2.73 bits per heavy atom. The number of benzene rings is 1. The maximum Gasteiger partial charge on any atom is 0.287 e. The van der Waals surface area contributed by atoms with Gasteiger partial charge in [-0.15, -0.1) is 0 Å². The highest BCUT2D eigenvalue weighted by atomic mass is 16.5. The zero-order chi connectivity index (χ0) is 18.7. The van der Waals surface area contributed by atoms with Gasteiger partial charge in [0.25, 0.3) is 5.91 Å². The second-order valence-electron chi connectivity index (χ2n) is 6.41. The summed E-state index contributed by atoms with van der Waals surface area (Å²) in [7, 11) is 1.87. The summed E-state index contributed by atoms with van der Waals surface area (Å²) in [6.45, 7) is 6.61. The van der Waals surface area contributed by atoms with Crippen molar-refractivity contribution in [2.75, 3.05) is 0 Å². The number of amides is 1. The van der Waals surface area contributed by atoms with E-state index in [1.165, 1.54) is 0 Å². The SMILES string of the molecule is Cc1ccc(C)c(OCc2ccc(C(=O)NCc3cc(C)n(C)n3)o2)c1. The van der Waals surface area contributed by atoms with E-state index in [0.29, 0.717) is 12.3 Å². The lowest BCUT2D eigenvalue weighted by Gasteiger charge is -2.08. The number of nitrogens with zero attached hydrogens (tertiary/aromatic N) is 2. The first-order valence-corrected chi connectivity index (χ1v) is 8.49. The van der Waals surface area contributed by atoms with Gasteiger partial charge in [0.15, 0.2) is 5.76 Å². The van der Waals surface area contributed by atoms with E-state index in [1.54, 1.807) is 16.8 Å². The summed E-state index contributed by atoms with van der Waals surface area (Å²) in [5.74, 6) is 1.41. The van der Waals surface area contributed by atoms with Crippen molar-refractivity contribution in [1.29, 1.82) is 0 Å². The van der Waals surface area contributed by atoms with Crippen molar-refractivity contribution < 1.29 is 13.9 Å². The standard InChI is InChI=1S/C20H23N3O3/c1-13-5-6-14(2)19(9-13)25-12-17-7-8-18(26-17)20(24)21-11-16-10-15(3)23(4)22-16/h5-10H,11-12H2,1-4H3,(H,21,24). The average molecular weight is 353 g/mol. The molecule has 0 aliphatic rings. The molecular formula is C20H23N3O3. The van der Waals surface area contributed by atoms with Crippen molar-refractivity contribution in [3.8, 4) is 5.75 Å². The van der Waals surface area contributed by atoms with Crippen molar-refractivity contribution in [2.24, 2.45) is 7.05 Å². The minimum atomic E-state index is -0.272. The first-order chi connectivity index (χ1) is 12.4. The van der Waals surface area contributed by atoms with Gasteiger partial charge in [0.2, 0.25) is 0 Å². The number of furan rings is 1. The van der Waals surface area contributed by atoms with Gasteiger partial charge >= 0.3 is 0 Å². The van der Waals surface area contributed by atoms with Crippen LogP contribution in [-0.4, -0.2) is 15.7 Å². The van der Waals surface area contributed by atoms with Gasteiger partial charge in [-0.1, -0.05) is 12.1 Å². The van der Waals surface area contributed by atoms with E-state index < -0.39 is 0 Å². The predicted molar refractivity (Wildman–Crippen MR) is 98.1 cm³/mol. The summed E-state index contributed by atoms with van der Waals surface area (Å²) in [6, 6.07) is 11.4. The zero-order valence-corrected chi connectivity index (χ0v) is 15.5. The van der Waals surface area contributed by atoms with Crippen molar-refractivity contribution in [1.82, 2.24) is 15.1 Å². The highest BCUT2D eigenvalue weighted by Crippen LogP contribution is 2.21. The van der Waals surface area contributed by atoms with Crippen molar-refractivity contribution in [2.45, 2.75) is 33.9 Å². The summed E-state index contributed by atoms with van der Waals surface area (Å²) in [5, 5.41) is 7.12. The predicted octanol–water partition coefficient (Wildman–Crippen LogP) is 3.45. The van der Waals surface area contributed by atoms with E-state index in [1.807, 2.05) is 52.1 Å². The molecule has 0 spiro atoms. The Hall–Kier alpha value is -3.02. The Balaban J connectivity index is 1.56. The van der Waals surface area contributed by atoms with Crippen molar-refractivity contribution in [3.05, 3.63) is 70.4 Å². The number of hydrogen-bond donors (Lipinski definition) is 1. The highest BCUT2D eigenvalue weighted by Gasteiger charge is 2.12. The lowest BCUT2D eigenvalue weighted by atomic mass is 10.1. The van der Waals surface area contributed by atoms with Gasteiger partial charge in [-0.3, -0.25) is 9.48 Å². The van der Waals surface area contributed by atoms with Crippen LogP contribution in [0.25, 0.3) is 0 Å². The van der Waals surface area contributed by atoms with E-state index in [4.69, 9.17) is 9.15 Å². The fraction of sp³-hybridized carbons (Fsp3) is 0.300. The number of ether oxygens (including phenoxy) is 1. The van der Waals surface area contributed by atoms with Crippen LogP contribution in [0.2, 0.25) is 0 Å². The Morgan fingerprint density at radius 2 is 2.00 bits per heavy atom. The van der Waals surface area contributed by atoms with Gasteiger partial charge in [0.05, 0.1) is 12.2 Å². The molecule has 1 amide bonds. The topological polar surface area (TPSA) is 69.3 Å². The normalized spacial score (nSPS) is 10.8. The second-order valence-corrected chi connectivity index (χ2v) is 6.41. The third-order valence-corrected chi connectivity index (χ3v) is 4.19. The molecule has 3 rings (SSSR count). The van der Waals surface area contributed by atoms with Gasteiger partial charge in [-0.05, 0) is 56.2 Å². The highest BCUT2D eigenvalue weighted by molar-refractivity contribution is 5.91. The largest absolute Gasteiger partial charge is 0.485 e. The number of carbonyl (C=O) groups is 1. The van der Waals surface area contributed by atoms with Crippen LogP contribution in [0.5, 0.6) is 5.75 Å². The molecule has 0 aliphatic heterocycles. The maximum absolute atomic E-state index is 12.2. The number of nitrogens with one attached hydrogen (secondary N) is 1. The number of carbonyl (C=O) groups excluding carboxylic acids is 1. The maximum atomic E-state index is 12.2. The molecule has 26 heavy (non-hydrogen) atoms. The quantitative estimate of drug-likeness (QED) is 0.737. The molecule has 6 nitrogen and oxygen atoms in total. The molecule has 3 aromatic rings. The van der Waals surface area contributed by atoms with Gasteiger partial charge in [0, 0.05) is 12.7 Å². The average Bonchev–Trinajstić information content (AvgIpc) is 3.20. The minimum absolute atomic E-state index is 0.261. The Morgan fingerprint density at radius 1 is 1.19 bits per heavy atom. The molecule has 0 saturated heterocycles. The zero-order valence-electron chi connectivity index (χ0n) is 15.5. The van der Waals surface area contributed by atoms with Gasteiger partial charge in [-0.2, -0.15) is 5.10 Å². The summed E-state index contributed by atoms with van der Waals surface area (Å²) in [6.07, 6.45) is 0. The van der Waals surface area contributed by atoms with E-state index in [9.17, 15) is 4.79 Å². The molecule has 0 radical (unpaired) electrons. The Kier molecular flexibility index (Phi) is 5.11. The van der Waals surface area contributed by atoms with Crippen LogP contribution < -0.4 is 10.1 Å². The molecule has 136 valence electrons. The molecular weight excluding hydrogens is 330 g/mol. The Labute approximate surface area is 152 Å². The van der Waals surface area contributed by atoms with Crippen molar-refractivity contribution in [3.63, 3.8) is 0 Å². The van der Waals surface area contributed by atoms with Gasteiger partial charge < -0.3 is 14.5 Å². The van der Waals surface area contributed by atoms with E-state index in [2.05, 4.69) is 10.4 Å². The molecule has 2 aromatic heterocycles. The molecule has 0 aliphatic carbocycles. The number of hydrogen-bond acceptors (Lipinski definition) is 4. The summed E-state index contributed by atoms with van der Waals surface area (Å²) in [4.78, 5) is 12.2. The van der Waals surface area contributed by atoms with Crippen LogP contribution in [0.15, 0.2) is 40.8 Å². The summed E-state index contributed by atoms with van der Waals surface area (Å²) >= 11 is 0. The van der Waals surface area contributed by atoms with Crippen LogP contribution >= 0.6 is 0 Å². The monoisotopic (exact) mass is 353 g/mol. The van der Waals surface area contributed by atoms with Gasteiger partial charge in [-0.25, -0.2) is 0 Å². The summed E-state index contributed by atoms with van der Waals surface area (Å²) < 4.78 is 13.2. The second kappa shape index (κ2) is 7.47. The van der Waals surface area contributed by atoms with E-state index in [0.717, 1.165) is 28.3 Å². The Bertz CT molecular complexity index is 905. The van der Waals surface area contributed by atoms with Gasteiger partial charge in [0.1, 0.15) is 18.1 Å². The molecule has 2 heterocycles. The van der Waals surface area contributed by atoms with Crippen LogP contribution in [0.4, 0.5) is 0 Å². The van der Waals surface area contributed by atoms with Crippen LogP contribution in [0.1, 0.15) is 38.8 Å². The lowest BCUT2D eigenvalue weighted by Crippen LogP contribution is -2.22. The molecule has 1 N–H and O–H groups in total. The lowest BCUT2D eigenvalue weighted by molar-refractivity contribution is 0.0918. The number of aromatic nitrogens is 2. The molecule has 0 unspecified atom stereocenters. The summed E-state index contributed by atoms with van der Waals surface area (Å²) in [5.41, 5.74) is 4.04. The molecule has 0 atom stereocenters. The van der Waals surface area contributed by atoms with Crippen LogP contribution in [0.3, 0.4) is 0 Å². The minimum Gasteiger partial charge on any atom is -0.485 e. The molecule has 0 bridgehead atoms. The number of aryl methyl sites for hydroxylation is 4. The van der Waals surface area contributed by atoms with E-state index in [-0.39, 0.29) is 18.3 Å². The fourth-order valence-electron chi connectivity index (χ4n) is 2.57. The molecule has 6 heteroatoms. The van der Waals surface area contributed by atoms with Crippen LogP contribution in [0, 0.1) is 20.8 Å². The van der Waals surface area contributed by atoms with Crippen LogP contribution in [-0.2, 0) is 20.2 Å².